The fourth-order valence-corrected chi connectivity index (χ4v) is 6.95. The van der Waals surface area contributed by atoms with E-state index >= 15 is 0 Å². The van der Waals surface area contributed by atoms with E-state index in [0.717, 1.165) is 36.7 Å². The molecule has 2 aliphatic carbocycles. The van der Waals surface area contributed by atoms with Gasteiger partial charge < -0.3 is 4.74 Å². The van der Waals surface area contributed by atoms with Crippen molar-refractivity contribution in [2.75, 3.05) is 0 Å². The van der Waals surface area contributed by atoms with Crippen molar-refractivity contribution in [3.05, 3.63) is 30.6 Å². The Morgan fingerprint density at radius 2 is 1.58 bits per heavy atom. The van der Waals surface area contributed by atoms with Crippen LogP contribution in [0.2, 0.25) is 0 Å². The SMILES string of the molecule is CC(C)[C@H]1CC[C@H](C)C[C@@H]1OC(=O)Cn1c[n+](CC(=O)[C@@H]2C[C@@H](C)CC[C@@H]2C(C)C)c2ccccc21. The van der Waals surface area contributed by atoms with Gasteiger partial charge in [0.05, 0.1) is 0 Å². The van der Waals surface area contributed by atoms with Crippen LogP contribution >= 0.6 is 0 Å². The van der Waals surface area contributed by atoms with Crippen LogP contribution in [0.15, 0.2) is 30.6 Å². The van der Waals surface area contributed by atoms with Crippen LogP contribution in [-0.2, 0) is 27.4 Å². The second kappa shape index (κ2) is 11.5. The summed E-state index contributed by atoms with van der Waals surface area (Å²) < 4.78 is 10.1. The lowest BCUT2D eigenvalue weighted by molar-refractivity contribution is -0.659. The molecule has 2 aromatic rings. The second-order valence-corrected chi connectivity index (χ2v) is 12.6. The third-order valence-electron chi connectivity index (χ3n) is 9.08. The molecule has 6 atom stereocenters. The second-order valence-electron chi connectivity index (χ2n) is 12.6. The fourth-order valence-electron chi connectivity index (χ4n) is 6.95. The van der Waals surface area contributed by atoms with Gasteiger partial charge in [-0.2, -0.15) is 0 Å². The number of benzene rings is 1. The van der Waals surface area contributed by atoms with E-state index in [1.54, 1.807) is 0 Å². The van der Waals surface area contributed by atoms with Crippen LogP contribution in [0, 0.1) is 41.4 Å². The number of para-hydroxylation sites is 2. The summed E-state index contributed by atoms with van der Waals surface area (Å²) in [5.74, 6) is 3.38. The Bertz CT molecular complexity index is 1060. The number of aromatic nitrogens is 2. The first-order valence-electron chi connectivity index (χ1n) is 14.3. The van der Waals surface area contributed by atoms with Crippen molar-refractivity contribution in [2.45, 2.75) is 99.3 Å². The number of esters is 1. The van der Waals surface area contributed by atoms with Gasteiger partial charge in [0.2, 0.25) is 6.33 Å². The lowest BCUT2D eigenvalue weighted by atomic mass is 9.68. The minimum atomic E-state index is -0.181. The van der Waals surface area contributed by atoms with Crippen molar-refractivity contribution in [1.29, 1.82) is 0 Å². The molecule has 36 heavy (non-hydrogen) atoms. The standard InChI is InChI=1S/C31H47N2O3/c1-20(2)24-13-11-22(5)15-26(24)29(34)17-32-19-33(28-10-8-7-9-27(28)32)18-31(35)36-30-16-23(6)12-14-25(30)21(3)4/h7-10,19-26,30H,11-18H2,1-6H3/q+1/t22-,23-,24+,25+,26+,30-/m0/s1. The Morgan fingerprint density at radius 3 is 2.28 bits per heavy atom. The first kappa shape index (κ1) is 26.9. The van der Waals surface area contributed by atoms with E-state index in [2.05, 4.69) is 41.5 Å². The number of ether oxygens (including phenoxy) is 1. The van der Waals surface area contributed by atoms with Gasteiger partial charge in [-0.1, -0.05) is 66.5 Å². The first-order valence-corrected chi connectivity index (χ1v) is 14.3. The molecular formula is C31H47N2O3+. The van der Waals surface area contributed by atoms with E-state index in [9.17, 15) is 9.59 Å². The lowest BCUT2D eigenvalue weighted by Crippen LogP contribution is -2.43. The molecule has 4 rings (SSSR count). The van der Waals surface area contributed by atoms with Gasteiger partial charge in [0, 0.05) is 5.92 Å². The Kier molecular flexibility index (Phi) is 8.57. The van der Waals surface area contributed by atoms with Gasteiger partial charge in [-0.05, 0) is 73.3 Å². The Hall–Kier alpha value is -2.17. The number of fused-ring (bicyclic) bond motifs is 1. The van der Waals surface area contributed by atoms with Gasteiger partial charge in [0.1, 0.15) is 12.6 Å². The number of ketones is 1. The highest BCUT2D eigenvalue weighted by molar-refractivity contribution is 5.81. The molecule has 0 saturated heterocycles. The van der Waals surface area contributed by atoms with Crippen LogP contribution in [0.25, 0.3) is 11.0 Å². The molecule has 198 valence electrons. The monoisotopic (exact) mass is 495 g/mol. The van der Waals surface area contributed by atoms with E-state index in [-0.39, 0.29) is 24.5 Å². The number of rotatable bonds is 8. The molecular weight excluding hydrogens is 448 g/mol. The molecule has 1 aromatic carbocycles. The van der Waals surface area contributed by atoms with E-state index in [0.29, 0.717) is 47.8 Å². The average Bonchev–Trinajstić information content (AvgIpc) is 3.15. The summed E-state index contributed by atoms with van der Waals surface area (Å²) in [6, 6.07) is 8.07. The Morgan fingerprint density at radius 1 is 0.944 bits per heavy atom. The van der Waals surface area contributed by atoms with E-state index < -0.39 is 0 Å². The van der Waals surface area contributed by atoms with E-state index in [1.165, 1.54) is 12.8 Å². The van der Waals surface area contributed by atoms with Crippen molar-refractivity contribution in [1.82, 2.24) is 4.57 Å². The molecule has 0 spiro atoms. The normalized spacial score (nSPS) is 29.1. The summed E-state index contributed by atoms with van der Waals surface area (Å²) in [5, 5.41) is 0. The first-order chi connectivity index (χ1) is 17.1. The summed E-state index contributed by atoms with van der Waals surface area (Å²) in [6.07, 6.45) is 8.59. The molecule has 2 aliphatic rings. The number of Topliss-reactive ketones (excluding diaryl/α,β-unsaturated/α-hetero) is 1. The molecule has 0 N–H and O–H groups in total. The maximum absolute atomic E-state index is 13.6. The van der Waals surface area contributed by atoms with Crippen molar-refractivity contribution in [3.8, 4) is 0 Å². The van der Waals surface area contributed by atoms with Crippen LogP contribution in [0.5, 0.6) is 0 Å². The van der Waals surface area contributed by atoms with Gasteiger partial charge in [-0.3, -0.25) is 4.79 Å². The topological polar surface area (TPSA) is 52.2 Å². The predicted molar refractivity (Wildman–Crippen MR) is 143 cm³/mol. The molecule has 0 bridgehead atoms. The minimum Gasteiger partial charge on any atom is -0.459 e. The van der Waals surface area contributed by atoms with Crippen LogP contribution in [0.1, 0.15) is 80.1 Å². The van der Waals surface area contributed by atoms with Crippen LogP contribution in [0.4, 0.5) is 0 Å². The molecule has 0 amide bonds. The number of hydrogen-bond donors (Lipinski definition) is 0. The molecule has 1 aromatic heterocycles. The zero-order valence-electron chi connectivity index (χ0n) is 23.3. The molecule has 5 nitrogen and oxygen atoms in total. The zero-order valence-corrected chi connectivity index (χ0v) is 23.3. The highest BCUT2D eigenvalue weighted by Gasteiger charge is 2.37. The third kappa shape index (κ3) is 6.03. The Labute approximate surface area is 217 Å². The number of carbonyl (C=O) groups is 2. The maximum atomic E-state index is 13.6. The van der Waals surface area contributed by atoms with Crippen molar-refractivity contribution in [3.63, 3.8) is 0 Å². The third-order valence-corrected chi connectivity index (χ3v) is 9.08. The summed E-state index contributed by atoms with van der Waals surface area (Å²) in [5.41, 5.74) is 1.96. The van der Waals surface area contributed by atoms with Crippen molar-refractivity contribution >= 4 is 22.8 Å². The summed E-state index contributed by atoms with van der Waals surface area (Å²) in [6.45, 7) is 14.0. The van der Waals surface area contributed by atoms with E-state index in [1.807, 2.05) is 39.7 Å². The molecule has 2 saturated carbocycles. The highest BCUT2D eigenvalue weighted by Crippen LogP contribution is 2.39. The smallest absolute Gasteiger partial charge is 0.348 e. The molecule has 0 unspecified atom stereocenters. The number of imidazole rings is 1. The quantitative estimate of drug-likeness (QED) is 0.323. The van der Waals surface area contributed by atoms with Crippen molar-refractivity contribution < 1.29 is 18.9 Å². The predicted octanol–water partition coefficient (Wildman–Crippen LogP) is 6.21. The Balaban J connectivity index is 1.50. The lowest BCUT2D eigenvalue weighted by Gasteiger charge is -2.36. The van der Waals surface area contributed by atoms with Gasteiger partial charge in [0.25, 0.3) is 0 Å². The largest absolute Gasteiger partial charge is 0.459 e. The molecule has 2 fully saturated rings. The molecule has 5 heteroatoms. The van der Waals surface area contributed by atoms with Gasteiger partial charge in [-0.25, -0.2) is 13.9 Å². The van der Waals surface area contributed by atoms with Crippen LogP contribution < -0.4 is 4.57 Å². The average molecular weight is 496 g/mol. The molecule has 1 heterocycles. The van der Waals surface area contributed by atoms with Crippen LogP contribution in [-0.4, -0.2) is 22.4 Å². The van der Waals surface area contributed by atoms with Gasteiger partial charge >= 0.3 is 5.97 Å². The number of nitrogens with zero attached hydrogens (tertiary/aromatic N) is 2. The molecule has 0 radical (unpaired) electrons. The highest BCUT2D eigenvalue weighted by atomic mass is 16.5. The van der Waals surface area contributed by atoms with Gasteiger partial charge in [0.15, 0.2) is 23.4 Å². The van der Waals surface area contributed by atoms with Crippen LogP contribution in [0.3, 0.4) is 0 Å². The van der Waals surface area contributed by atoms with Crippen molar-refractivity contribution in [2.24, 2.45) is 41.4 Å². The number of carbonyl (C=O) groups excluding carboxylic acids is 2. The van der Waals surface area contributed by atoms with E-state index in [4.69, 9.17) is 4.74 Å². The zero-order chi connectivity index (χ0) is 26.0. The maximum Gasteiger partial charge on any atom is 0.348 e. The summed E-state index contributed by atoms with van der Waals surface area (Å²) >= 11 is 0. The molecule has 0 aliphatic heterocycles. The summed E-state index contributed by atoms with van der Waals surface area (Å²) in [4.78, 5) is 26.7. The van der Waals surface area contributed by atoms with Gasteiger partial charge in [-0.15, -0.1) is 0 Å². The summed E-state index contributed by atoms with van der Waals surface area (Å²) in [7, 11) is 0. The fraction of sp³-hybridized carbons (Fsp3) is 0.710. The number of hydrogen-bond acceptors (Lipinski definition) is 3. The minimum absolute atomic E-state index is 0.00182.